The van der Waals surface area contributed by atoms with Crippen LogP contribution in [0.15, 0.2) is 10.5 Å². The highest BCUT2D eigenvalue weighted by molar-refractivity contribution is 5.95. The number of hydrogen-bond donors (Lipinski definition) is 1. The molecular weight excluding hydrogens is 256 g/mol. The van der Waals surface area contributed by atoms with Gasteiger partial charge in [-0.25, -0.2) is 0 Å². The van der Waals surface area contributed by atoms with Gasteiger partial charge in [0, 0.05) is 26.2 Å². The Hall–Kier alpha value is -1.33. The van der Waals surface area contributed by atoms with E-state index in [9.17, 15) is 4.79 Å². The molecule has 0 aromatic carbocycles. The van der Waals surface area contributed by atoms with Gasteiger partial charge in [0.15, 0.2) is 0 Å². The van der Waals surface area contributed by atoms with Crippen LogP contribution in [0.25, 0.3) is 0 Å². The molecule has 0 spiro atoms. The molecule has 1 unspecified atom stereocenters. The summed E-state index contributed by atoms with van der Waals surface area (Å²) in [4.78, 5) is 14.5. The topological polar surface area (TPSA) is 54.7 Å². The van der Waals surface area contributed by atoms with Crippen LogP contribution in [0.5, 0.6) is 0 Å². The molecule has 2 heterocycles. The maximum Gasteiger partial charge on any atom is 0.254 e. The number of hydrogen-bond acceptors (Lipinski definition) is 4. The van der Waals surface area contributed by atoms with Gasteiger partial charge < -0.3 is 14.5 Å². The zero-order valence-electron chi connectivity index (χ0n) is 12.6. The van der Waals surface area contributed by atoms with Gasteiger partial charge in [0.1, 0.15) is 11.5 Å². The molecule has 2 rings (SSSR count). The van der Waals surface area contributed by atoms with Gasteiger partial charge in [0.2, 0.25) is 0 Å². The summed E-state index contributed by atoms with van der Waals surface area (Å²) in [6.07, 6.45) is 0. The summed E-state index contributed by atoms with van der Waals surface area (Å²) in [5.41, 5.74) is 0.640. The van der Waals surface area contributed by atoms with Crippen LogP contribution in [0.1, 0.15) is 28.8 Å². The Morgan fingerprint density at radius 2 is 2.10 bits per heavy atom. The number of aryl methyl sites for hydroxylation is 2. The normalized spacial score (nSPS) is 17.9. The van der Waals surface area contributed by atoms with Crippen molar-refractivity contribution in [3.63, 3.8) is 0 Å². The average molecular weight is 280 g/mol. The molecule has 0 radical (unpaired) electrons. The first kappa shape index (κ1) is 15.1. The summed E-state index contributed by atoms with van der Waals surface area (Å²) in [6.45, 7) is 11.1. The molecule has 1 amide bonds. The Morgan fingerprint density at radius 1 is 1.40 bits per heavy atom. The van der Waals surface area contributed by atoms with E-state index in [0.717, 1.165) is 38.6 Å². The molecule has 1 atom stereocenters. The fourth-order valence-electron chi connectivity index (χ4n) is 2.51. The van der Waals surface area contributed by atoms with Gasteiger partial charge in [0.05, 0.1) is 18.8 Å². The van der Waals surface area contributed by atoms with E-state index in [1.807, 2.05) is 13.8 Å². The van der Waals surface area contributed by atoms with Gasteiger partial charge in [-0.2, -0.15) is 0 Å². The van der Waals surface area contributed by atoms with Crippen LogP contribution >= 0.6 is 0 Å². The van der Waals surface area contributed by atoms with Crippen molar-refractivity contribution < 1.29 is 13.9 Å². The molecular formula is C15H24N2O3. The van der Waals surface area contributed by atoms with Crippen LogP contribution in [0.4, 0.5) is 0 Å². The number of carbonyl (C=O) groups is 1. The lowest BCUT2D eigenvalue weighted by Gasteiger charge is -2.29. The third-order valence-corrected chi connectivity index (χ3v) is 3.57. The fourth-order valence-corrected chi connectivity index (χ4v) is 2.51. The molecule has 0 saturated carbocycles. The van der Waals surface area contributed by atoms with E-state index in [4.69, 9.17) is 9.15 Å². The summed E-state index contributed by atoms with van der Waals surface area (Å²) in [6, 6.07) is 1.79. The second-order valence-electron chi connectivity index (χ2n) is 5.56. The molecule has 5 heteroatoms. The van der Waals surface area contributed by atoms with Gasteiger partial charge in [-0.15, -0.1) is 0 Å². The third kappa shape index (κ3) is 4.08. The van der Waals surface area contributed by atoms with Gasteiger partial charge in [-0.3, -0.25) is 9.69 Å². The number of rotatable bonds is 5. The largest absolute Gasteiger partial charge is 0.466 e. The molecule has 1 fully saturated rings. The number of nitrogens with one attached hydrogen (secondary N) is 1. The highest BCUT2D eigenvalue weighted by Crippen LogP contribution is 2.13. The highest BCUT2D eigenvalue weighted by Gasteiger charge is 2.16. The molecule has 0 aliphatic carbocycles. The van der Waals surface area contributed by atoms with E-state index in [-0.39, 0.29) is 5.91 Å². The number of furan rings is 1. The molecule has 1 aliphatic heterocycles. The Balaban J connectivity index is 1.76. The molecule has 1 aromatic heterocycles. The summed E-state index contributed by atoms with van der Waals surface area (Å²) in [7, 11) is 0. The Kier molecular flexibility index (Phi) is 5.20. The SMILES string of the molecule is Cc1cc(C(=O)NCC(C)CN2CCOCC2)c(C)o1. The van der Waals surface area contributed by atoms with Crippen molar-refractivity contribution in [2.24, 2.45) is 5.92 Å². The number of amides is 1. The minimum Gasteiger partial charge on any atom is -0.466 e. The van der Waals surface area contributed by atoms with E-state index in [2.05, 4.69) is 17.1 Å². The number of ether oxygens (including phenoxy) is 1. The first-order valence-electron chi connectivity index (χ1n) is 7.21. The zero-order chi connectivity index (χ0) is 14.5. The highest BCUT2D eigenvalue weighted by atomic mass is 16.5. The van der Waals surface area contributed by atoms with Crippen LogP contribution in [0.2, 0.25) is 0 Å². The van der Waals surface area contributed by atoms with Crippen LogP contribution in [-0.4, -0.2) is 50.2 Å². The van der Waals surface area contributed by atoms with E-state index >= 15 is 0 Å². The fraction of sp³-hybridized carbons (Fsp3) is 0.667. The van der Waals surface area contributed by atoms with E-state index in [1.165, 1.54) is 0 Å². The van der Waals surface area contributed by atoms with Gasteiger partial charge in [-0.1, -0.05) is 6.92 Å². The molecule has 1 N–H and O–H groups in total. The molecule has 5 nitrogen and oxygen atoms in total. The minimum absolute atomic E-state index is 0.0480. The van der Waals surface area contributed by atoms with Crippen molar-refractivity contribution in [1.29, 1.82) is 0 Å². The standard InChI is InChI=1S/C15H24N2O3/c1-11(10-17-4-6-19-7-5-17)9-16-15(18)14-8-12(2)20-13(14)3/h8,11H,4-7,9-10H2,1-3H3,(H,16,18). The van der Waals surface area contributed by atoms with E-state index < -0.39 is 0 Å². The molecule has 1 aliphatic rings. The van der Waals surface area contributed by atoms with Crippen molar-refractivity contribution in [2.45, 2.75) is 20.8 Å². The predicted octanol–water partition coefficient (Wildman–Crippen LogP) is 1.59. The monoisotopic (exact) mass is 280 g/mol. The molecule has 1 aromatic rings. The van der Waals surface area contributed by atoms with Crippen LogP contribution in [0.3, 0.4) is 0 Å². The number of carbonyl (C=O) groups excluding carboxylic acids is 1. The second kappa shape index (κ2) is 6.90. The van der Waals surface area contributed by atoms with Crippen molar-refractivity contribution in [1.82, 2.24) is 10.2 Å². The lowest BCUT2D eigenvalue weighted by atomic mass is 10.1. The van der Waals surface area contributed by atoms with Crippen molar-refractivity contribution >= 4 is 5.91 Å². The predicted molar refractivity (Wildman–Crippen MR) is 76.9 cm³/mol. The lowest BCUT2D eigenvalue weighted by Crippen LogP contribution is -2.41. The molecule has 0 bridgehead atoms. The molecule has 20 heavy (non-hydrogen) atoms. The molecule has 112 valence electrons. The Bertz CT molecular complexity index is 450. The maximum absolute atomic E-state index is 12.1. The lowest BCUT2D eigenvalue weighted by molar-refractivity contribution is 0.0317. The Labute approximate surface area is 120 Å². The van der Waals surface area contributed by atoms with Gasteiger partial charge >= 0.3 is 0 Å². The number of morpholine rings is 1. The first-order chi connectivity index (χ1) is 9.56. The first-order valence-corrected chi connectivity index (χ1v) is 7.21. The summed E-state index contributed by atoms with van der Waals surface area (Å²) >= 11 is 0. The zero-order valence-corrected chi connectivity index (χ0v) is 12.6. The van der Waals surface area contributed by atoms with Crippen molar-refractivity contribution in [2.75, 3.05) is 39.4 Å². The summed E-state index contributed by atoms with van der Waals surface area (Å²) in [5.74, 6) is 1.83. The van der Waals surface area contributed by atoms with Crippen LogP contribution < -0.4 is 5.32 Å². The van der Waals surface area contributed by atoms with Crippen LogP contribution in [-0.2, 0) is 4.74 Å². The Morgan fingerprint density at radius 3 is 2.70 bits per heavy atom. The van der Waals surface area contributed by atoms with Crippen molar-refractivity contribution in [3.05, 3.63) is 23.2 Å². The third-order valence-electron chi connectivity index (χ3n) is 3.57. The summed E-state index contributed by atoms with van der Waals surface area (Å²) in [5, 5.41) is 2.99. The summed E-state index contributed by atoms with van der Waals surface area (Å²) < 4.78 is 10.7. The minimum atomic E-state index is -0.0480. The van der Waals surface area contributed by atoms with Crippen LogP contribution in [0, 0.1) is 19.8 Å². The molecule has 1 saturated heterocycles. The average Bonchev–Trinajstić information content (AvgIpc) is 2.76. The maximum atomic E-state index is 12.1. The van der Waals surface area contributed by atoms with Gasteiger partial charge in [-0.05, 0) is 25.8 Å². The smallest absolute Gasteiger partial charge is 0.254 e. The van der Waals surface area contributed by atoms with Gasteiger partial charge in [0.25, 0.3) is 5.91 Å². The van der Waals surface area contributed by atoms with E-state index in [1.54, 1.807) is 6.07 Å². The second-order valence-corrected chi connectivity index (χ2v) is 5.56. The quantitative estimate of drug-likeness (QED) is 0.890. The number of nitrogens with zero attached hydrogens (tertiary/aromatic N) is 1. The van der Waals surface area contributed by atoms with E-state index in [0.29, 0.717) is 23.8 Å². The van der Waals surface area contributed by atoms with Crippen molar-refractivity contribution in [3.8, 4) is 0 Å².